The molecule has 4 aromatic rings. The lowest BCUT2D eigenvalue weighted by Crippen LogP contribution is -2.44. The molecule has 2 aliphatic carbocycles. The third kappa shape index (κ3) is 5.39. The lowest BCUT2D eigenvalue weighted by Gasteiger charge is -2.38. The van der Waals surface area contributed by atoms with E-state index in [1.807, 2.05) is 12.1 Å². The number of nitrogens with one attached hydrogen (secondary N) is 2. The predicted octanol–water partition coefficient (Wildman–Crippen LogP) is 2.53. The first-order valence-electron chi connectivity index (χ1n) is 14.2. The van der Waals surface area contributed by atoms with Crippen molar-refractivity contribution in [3.63, 3.8) is 0 Å². The van der Waals surface area contributed by atoms with E-state index < -0.39 is 0 Å². The molecule has 218 valence electrons. The van der Waals surface area contributed by atoms with E-state index in [2.05, 4.69) is 49.5 Å². The minimum absolute atomic E-state index is 0.00808. The molecule has 13 nitrogen and oxygen atoms in total. The van der Waals surface area contributed by atoms with Gasteiger partial charge in [-0.05, 0) is 77.5 Å². The van der Waals surface area contributed by atoms with Gasteiger partial charge in [-0.15, -0.1) is 0 Å². The number of hydrogen-bond donors (Lipinski definition) is 2. The molecule has 2 fully saturated rings. The quantitative estimate of drug-likeness (QED) is 0.163. The zero-order chi connectivity index (χ0) is 29.2. The Kier molecular flexibility index (Phi) is 7.74. The van der Waals surface area contributed by atoms with Crippen molar-refractivity contribution < 1.29 is 23.7 Å². The Morgan fingerprint density at radius 1 is 1.12 bits per heavy atom. The van der Waals surface area contributed by atoms with Crippen LogP contribution in [0.5, 0.6) is 0 Å². The lowest BCUT2D eigenvalue weighted by atomic mass is 9.68. The van der Waals surface area contributed by atoms with Gasteiger partial charge in [0.2, 0.25) is 0 Å². The van der Waals surface area contributed by atoms with Crippen LogP contribution in [0.25, 0.3) is 16.8 Å². The number of hydrogen-bond acceptors (Lipinski definition) is 11. The van der Waals surface area contributed by atoms with E-state index in [9.17, 15) is 14.4 Å². The fourth-order valence-electron chi connectivity index (χ4n) is 6.57. The van der Waals surface area contributed by atoms with E-state index in [0.29, 0.717) is 23.5 Å². The molecule has 6 rings (SSSR count). The van der Waals surface area contributed by atoms with E-state index in [1.165, 1.54) is 16.9 Å². The molecule has 2 saturated carbocycles. The van der Waals surface area contributed by atoms with Gasteiger partial charge in [0.15, 0.2) is 5.78 Å². The highest BCUT2D eigenvalue weighted by Gasteiger charge is 2.47. The molecule has 3 unspecified atom stereocenters. The second-order valence-corrected chi connectivity index (χ2v) is 11.1. The van der Waals surface area contributed by atoms with Gasteiger partial charge in [0.1, 0.15) is 35.4 Å². The van der Waals surface area contributed by atoms with Crippen LogP contribution in [0.15, 0.2) is 47.9 Å². The summed E-state index contributed by atoms with van der Waals surface area (Å²) in [5.74, 6) is -0.00978. The Morgan fingerprint density at radius 3 is 2.81 bits per heavy atom. The summed E-state index contributed by atoms with van der Waals surface area (Å²) in [6, 6.07) is 6.94. The third-order valence-corrected chi connectivity index (χ3v) is 8.66. The number of nitrogens with zero attached hydrogens (tertiary/aromatic N) is 6. The van der Waals surface area contributed by atoms with Crippen molar-refractivity contribution in [2.24, 2.45) is 23.7 Å². The summed E-state index contributed by atoms with van der Waals surface area (Å²) in [7, 11) is 0. The maximum absolute atomic E-state index is 13.6. The van der Waals surface area contributed by atoms with Crippen molar-refractivity contribution in [3.05, 3.63) is 60.2 Å². The maximum atomic E-state index is 13.6. The number of aromatic nitrogens is 6. The second kappa shape index (κ2) is 11.8. The van der Waals surface area contributed by atoms with Crippen LogP contribution in [0.4, 0.5) is 0 Å². The molecular weight excluding hydrogens is 540 g/mol. The van der Waals surface area contributed by atoms with Crippen LogP contribution in [-0.4, -0.2) is 66.7 Å². The molecule has 0 spiro atoms. The van der Waals surface area contributed by atoms with Gasteiger partial charge in [-0.1, -0.05) is 25.6 Å². The lowest BCUT2D eigenvalue weighted by molar-refractivity contribution is -0.152. The van der Waals surface area contributed by atoms with E-state index in [-0.39, 0.29) is 71.8 Å². The minimum atomic E-state index is -0.338. The molecule has 0 radical (unpaired) electrons. The summed E-state index contributed by atoms with van der Waals surface area (Å²) in [5, 5.41) is 18.1. The molecule has 2 aliphatic rings. The zero-order valence-electron chi connectivity index (χ0n) is 23.2. The number of Topliss-reactive ketones (excluding diaryl/α,β-unsaturated/α-hetero) is 1. The number of carbonyl (C=O) groups is 3. The van der Waals surface area contributed by atoms with Crippen LogP contribution in [-0.2, 0) is 16.1 Å². The van der Waals surface area contributed by atoms with E-state index in [0.717, 1.165) is 31.2 Å². The number of carbonyl (C=O) groups excluding carboxylic acids is 3. The summed E-state index contributed by atoms with van der Waals surface area (Å²) in [6.45, 7) is 6.37. The Hall–Kier alpha value is -4.52. The molecule has 1 aromatic carbocycles. The molecular formula is C29H32N8O5. The topological polar surface area (TPSA) is 166 Å². The fraction of sp³-hybridized carbons (Fsp3) is 0.448. The number of esters is 1. The number of ketones is 1. The molecule has 2 N–H and O–H groups in total. The molecule has 0 aliphatic heterocycles. The first-order valence-corrected chi connectivity index (χ1v) is 14.2. The van der Waals surface area contributed by atoms with Gasteiger partial charge in [0.25, 0.3) is 11.7 Å². The van der Waals surface area contributed by atoms with E-state index in [4.69, 9.17) is 9.37 Å². The van der Waals surface area contributed by atoms with Crippen molar-refractivity contribution in [1.29, 1.82) is 0 Å². The van der Waals surface area contributed by atoms with Crippen molar-refractivity contribution >= 4 is 34.5 Å². The molecule has 0 saturated heterocycles. The summed E-state index contributed by atoms with van der Waals surface area (Å²) < 4.78 is 11.4. The fourth-order valence-corrected chi connectivity index (χ4v) is 6.57. The molecule has 42 heavy (non-hydrogen) atoms. The number of fused-ring (bicyclic) bond motifs is 3. The Labute approximate surface area is 241 Å². The van der Waals surface area contributed by atoms with Crippen molar-refractivity contribution in [2.75, 3.05) is 13.2 Å². The third-order valence-electron chi connectivity index (χ3n) is 8.66. The van der Waals surface area contributed by atoms with Gasteiger partial charge in [0.05, 0.1) is 12.5 Å². The predicted molar refractivity (Wildman–Crippen MR) is 149 cm³/mol. The van der Waals surface area contributed by atoms with E-state index >= 15 is 0 Å². The largest absolute Gasteiger partial charge is 0.461 e. The van der Waals surface area contributed by atoms with Crippen LogP contribution in [0.2, 0.25) is 0 Å². The maximum Gasteiger partial charge on any atom is 0.309 e. The monoisotopic (exact) mass is 572 g/mol. The molecule has 5 atom stereocenters. The smallest absolute Gasteiger partial charge is 0.309 e. The first kappa shape index (κ1) is 27.6. The molecule has 13 heteroatoms. The summed E-state index contributed by atoms with van der Waals surface area (Å²) in [5.41, 5.74) is 2.53. The van der Waals surface area contributed by atoms with Crippen molar-refractivity contribution in [3.8, 4) is 0 Å². The zero-order valence-corrected chi connectivity index (χ0v) is 23.2. The summed E-state index contributed by atoms with van der Waals surface area (Å²) >= 11 is 0. The number of amides is 1. The van der Waals surface area contributed by atoms with Crippen molar-refractivity contribution in [1.82, 2.24) is 40.5 Å². The first-order chi connectivity index (χ1) is 20.4. The highest BCUT2D eigenvalue weighted by Crippen LogP contribution is 2.48. The minimum Gasteiger partial charge on any atom is -0.461 e. The van der Waals surface area contributed by atoms with Crippen LogP contribution < -0.4 is 10.6 Å². The van der Waals surface area contributed by atoms with Gasteiger partial charge in [-0.3, -0.25) is 14.4 Å². The average Bonchev–Trinajstić information content (AvgIpc) is 3.75. The number of ether oxygens (including phenoxy) is 1. The average molecular weight is 573 g/mol. The van der Waals surface area contributed by atoms with Crippen LogP contribution in [0.3, 0.4) is 0 Å². The number of rotatable bonds is 10. The summed E-state index contributed by atoms with van der Waals surface area (Å²) in [6.07, 6.45) is 6.18. The normalized spacial score (nSPS) is 23.5. The summed E-state index contributed by atoms with van der Waals surface area (Å²) in [4.78, 5) is 47.6. The van der Waals surface area contributed by atoms with Crippen molar-refractivity contribution in [2.45, 2.75) is 45.2 Å². The highest BCUT2D eigenvalue weighted by atomic mass is 16.6. The van der Waals surface area contributed by atoms with Gasteiger partial charge >= 0.3 is 5.97 Å². The highest BCUT2D eigenvalue weighted by molar-refractivity contribution is 6.00. The molecule has 1 amide bonds. The van der Waals surface area contributed by atoms with Gasteiger partial charge in [-0.25, -0.2) is 9.61 Å². The van der Waals surface area contributed by atoms with Gasteiger partial charge in [-0.2, -0.15) is 14.6 Å². The molecule has 3 aromatic heterocycles. The standard InChI is InChI=1S/C29H32N8O5/c1-3-10-41-28(40)19-5-6-20-18(16(19)2)7-9-21(20)33-27(39)25-12-24(34-29-31-15-32-37(25)29)26(38)14-30-13-17-4-8-22-23(11-17)36-42-35-22/h3-4,8,11-12,15-16,18-21,30H,1,5-7,9-10,13-14H2,2H3,(H,33,39)/t16?,18-,19?,20?,21-/m0/s1. The van der Waals surface area contributed by atoms with E-state index in [1.54, 1.807) is 12.1 Å². The van der Waals surface area contributed by atoms with Crippen LogP contribution >= 0.6 is 0 Å². The van der Waals surface area contributed by atoms with Crippen LogP contribution in [0.1, 0.15) is 59.1 Å². The molecule has 0 bridgehead atoms. The number of benzene rings is 1. The SMILES string of the molecule is C=CCOC(=O)C1CCC2[C@@H](CC[C@@H]2NC(=O)c2cc(C(=O)CNCc3ccc4nonc4c3)nc3ncnn23)C1C. The Morgan fingerprint density at radius 2 is 1.95 bits per heavy atom. The molecule has 3 heterocycles. The van der Waals surface area contributed by atoms with Crippen LogP contribution in [0, 0.1) is 23.7 Å². The van der Waals surface area contributed by atoms with Gasteiger partial charge in [0, 0.05) is 12.6 Å². The van der Waals surface area contributed by atoms with Gasteiger partial charge < -0.3 is 15.4 Å². The Bertz CT molecular complexity index is 1650. The Balaban J connectivity index is 1.11. The second-order valence-electron chi connectivity index (χ2n) is 11.1.